The quantitative estimate of drug-likeness (QED) is 0.573. The van der Waals surface area contributed by atoms with E-state index in [0.717, 1.165) is 65.0 Å². The van der Waals surface area contributed by atoms with Gasteiger partial charge in [0.2, 0.25) is 11.8 Å². The van der Waals surface area contributed by atoms with Crippen molar-refractivity contribution in [3.05, 3.63) is 0 Å². The number of nitrogens with one attached hydrogen (secondary N) is 1. The Morgan fingerprint density at radius 1 is 1.12 bits per heavy atom. The summed E-state index contributed by atoms with van der Waals surface area (Å²) in [6.45, 7) is 4.50. The highest BCUT2D eigenvalue weighted by Crippen LogP contribution is 2.25. The van der Waals surface area contributed by atoms with Crippen LogP contribution in [-0.4, -0.2) is 79.3 Å². The van der Waals surface area contributed by atoms with Crippen molar-refractivity contribution in [3.63, 3.8) is 0 Å². The first kappa shape index (κ1) is 18.0. The van der Waals surface area contributed by atoms with Crippen molar-refractivity contribution in [1.82, 2.24) is 15.1 Å². The molecule has 2 heterocycles. The van der Waals surface area contributed by atoms with Crippen LogP contribution in [0.4, 0.5) is 4.79 Å². The number of morpholine rings is 1. The largest absolute Gasteiger partial charge is 0.379 e. The van der Waals surface area contributed by atoms with Gasteiger partial charge in [-0.1, -0.05) is 19.3 Å². The molecule has 4 amide bonds. The first-order valence-corrected chi connectivity index (χ1v) is 9.15. The molecule has 0 bridgehead atoms. The highest BCUT2D eigenvalue weighted by molar-refractivity contribution is 6.23. The number of carbonyl (C=O) groups is 3. The van der Waals surface area contributed by atoms with E-state index < -0.39 is 23.8 Å². The first-order chi connectivity index (χ1) is 12.2. The molecule has 8 nitrogen and oxygen atoms in total. The van der Waals surface area contributed by atoms with E-state index in [0.29, 0.717) is 6.54 Å². The van der Waals surface area contributed by atoms with Crippen molar-refractivity contribution in [2.45, 2.75) is 38.1 Å². The second-order valence-corrected chi connectivity index (χ2v) is 6.78. The van der Waals surface area contributed by atoms with E-state index in [2.05, 4.69) is 15.2 Å². The number of imide groups is 2. The van der Waals surface area contributed by atoms with Crippen LogP contribution in [0.2, 0.25) is 0 Å². The van der Waals surface area contributed by atoms with E-state index >= 15 is 0 Å². The van der Waals surface area contributed by atoms with Gasteiger partial charge < -0.3 is 4.74 Å². The lowest BCUT2D eigenvalue weighted by Crippen LogP contribution is -2.61. The molecule has 25 heavy (non-hydrogen) atoms. The molecular weight excluding hydrogens is 324 g/mol. The average Bonchev–Trinajstić information content (AvgIpc) is 2.62. The lowest BCUT2D eigenvalue weighted by atomic mass is 9.92. The Balaban J connectivity index is 1.57. The van der Waals surface area contributed by atoms with Crippen molar-refractivity contribution in [3.8, 4) is 0 Å². The normalized spacial score (nSPS) is 27.1. The second kappa shape index (κ2) is 8.53. The molecule has 1 aliphatic carbocycles. The number of hydrogen-bond acceptors (Lipinski definition) is 6. The van der Waals surface area contributed by atoms with E-state index in [4.69, 9.17) is 4.74 Å². The zero-order valence-corrected chi connectivity index (χ0v) is 14.5. The number of urea groups is 1. The van der Waals surface area contributed by atoms with Crippen LogP contribution < -0.4 is 5.32 Å². The highest BCUT2D eigenvalue weighted by Gasteiger charge is 2.42. The van der Waals surface area contributed by atoms with Crippen molar-refractivity contribution >= 4 is 24.1 Å². The van der Waals surface area contributed by atoms with E-state index in [1.165, 1.54) is 11.1 Å². The van der Waals surface area contributed by atoms with Gasteiger partial charge in [0, 0.05) is 31.9 Å². The summed E-state index contributed by atoms with van der Waals surface area (Å²) >= 11 is 0. The molecule has 3 rings (SSSR count). The fourth-order valence-corrected chi connectivity index (χ4v) is 3.63. The Kier molecular flexibility index (Phi) is 6.14. The lowest BCUT2D eigenvalue weighted by Gasteiger charge is -2.36. The van der Waals surface area contributed by atoms with Crippen LogP contribution in [-0.2, 0) is 14.3 Å². The summed E-state index contributed by atoms with van der Waals surface area (Å²) < 4.78 is 5.29. The highest BCUT2D eigenvalue weighted by atomic mass is 16.5. The molecule has 0 spiro atoms. The summed E-state index contributed by atoms with van der Waals surface area (Å²) in [7, 11) is 0. The number of carbonyl (C=O) groups excluding carboxylic acids is 3. The fraction of sp³-hybridized carbons (Fsp3) is 0.765. The molecule has 0 aromatic carbocycles. The van der Waals surface area contributed by atoms with Gasteiger partial charge in [-0.25, -0.2) is 4.79 Å². The molecule has 138 valence electrons. The summed E-state index contributed by atoms with van der Waals surface area (Å²) in [5.41, 5.74) is 0. The maximum atomic E-state index is 12.7. The van der Waals surface area contributed by atoms with Crippen LogP contribution in [0.3, 0.4) is 0 Å². The Morgan fingerprint density at radius 2 is 1.84 bits per heavy atom. The van der Waals surface area contributed by atoms with Gasteiger partial charge in [-0.2, -0.15) is 0 Å². The van der Waals surface area contributed by atoms with E-state index in [9.17, 15) is 14.4 Å². The van der Waals surface area contributed by atoms with E-state index in [1.54, 1.807) is 0 Å². The molecule has 0 aromatic heterocycles. The third-order valence-electron chi connectivity index (χ3n) is 5.08. The van der Waals surface area contributed by atoms with E-state index in [-0.39, 0.29) is 6.04 Å². The predicted octanol–water partition coefficient (Wildman–Crippen LogP) is 0.417. The SMILES string of the molecule is O=C1NC(=O)N(C2CCCCC2)C(=O)[C@@H]1C=NCCN1CCOCC1. The maximum Gasteiger partial charge on any atom is 0.331 e. The minimum absolute atomic E-state index is 0.0985. The summed E-state index contributed by atoms with van der Waals surface area (Å²) in [6.07, 6.45) is 6.18. The first-order valence-electron chi connectivity index (χ1n) is 9.15. The van der Waals surface area contributed by atoms with Crippen molar-refractivity contribution in [2.75, 3.05) is 39.4 Å². The average molecular weight is 350 g/mol. The summed E-state index contributed by atoms with van der Waals surface area (Å²) in [6, 6.07) is -0.682. The van der Waals surface area contributed by atoms with Crippen LogP contribution in [0.15, 0.2) is 4.99 Å². The molecule has 1 atom stereocenters. The molecule has 0 radical (unpaired) electrons. The molecule has 3 fully saturated rings. The molecule has 8 heteroatoms. The molecule has 0 unspecified atom stereocenters. The minimum Gasteiger partial charge on any atom is -0.379 e. The fourth-order valence-electron chi connectivity index (χ4n) is 3.63. The Hall–Kier alpha value is -1.80. The lowest BCUT2D eigenvalue weighted by molar-refractivity contribution is -0.141. The monoisotopic (exact) mass is 350 g/mol. The summed E-state index contributed by atoms with van der Waals surface area (Å²) in [5.74, 6) is -2.00. The molecule has 2 aliphatic heterocycles. The number of rotatable bonds is 5. The van der Waals surface area contributed by atoms with Gasteiger partial charge in [-0.3, -0.25) is 29.7 Å². The number of hydrogen-bond donors (Lipinski definition) is 1. The van der Waals surface area contributed by atoms with Gasteiger partial charge in [-0.15, -0.1) is 0 Å². The Bertz CT molecular complexity index is 539. The maximum absolute atomic E-state index is 12.7. The number of barbiturate groups is 1. The predicted molar refractivity (Wildman–Crippen MR) is 91.4 cm³/mol. The van der Waals surface area contributed by atoms with Gasteiger partial charge in [0.15, 0.2) is 5.92 Å². The molecular formula is C17H26N4O4. The zero-order chi connectivity index (χ0) is 17.6. The second-order valence-electron chi connectivity index (χ2n) is 6.78. The van der Waals surface area contributed by atoms with Gasteiger partial charge in [0.05, 0.1) is 19.8 Å². The van der Waals surface area contributed by atoms with Crippen LogP contribution in [0, 0.1) is 5.92 Å². The molecule has 1 N–H and O–H groups in total. The van der Waals surface area contributed by atoms with Crippen LogP contribution in [0.5, 0.6) is 0 Å². The van der Waals surface area contributed by atoms with Crippen LogP contribution in [0.1, 0.15) is 32.1 Å². The van der Waals surface area contributed by atoms with E-state index in [1.807, 2.05) is 0 Å². The van der Waals surface area contributed by atoms with Crippen LogP contribution in [0.25, 0.3) is 0 Å². The minimum atomic E-state index is -0.996. The van der Waals surface area contributed by atoms with Gasteiger partial charge in [0.1, 0.15) is 0 Å². The Labute approximate surface area is 147 Å². The Morgan fingerprint density at radius 3 is 2.56 bits per heavy atom. The molecule has 1 saturated carbocycles. The standard InChI is InChI=1S/C17H26N4O4/c22-15-14(12-18-6-7-20-8-10-25-11-9-20)16(23)21(17(24)19-15)13-4-2-1-3-5-13/h12-14H,1-11H2,(H,19,22,24)/t14-/m1/s1. The summed E-state index contributed by atoms with van der Waals surface area (Å²) in [4.78, 5) is 44.6. The number of nitrogens with zero attached hydrogens (tertiary/aromatic N) is 3. The van der Waals surface area contributed by atoms with Crippen molar-refractivity contribution in [2.24, 2.45) is 10.9 Å². The molecule has 3 aliphatic rings. The van der Waals surface area contributed by atoms with Gasteiger partial charge >= 0.3 is 6.03 Å². The van der Waals surface area contributed by atoms with Gasteiger partial charge in [-0.05, 0) is 12.8 Å². The molecule has 2 saturated heterocycles. The van der Waals surface area contributed by atoms with Crippen LogP contribution >= 0.6 is 0 Å². The third-order valence-corrected chi connectivity index (χ3v) is 5.08. The number of aliphatic imine (C=N–C) groups is 1. The third kappa shape index (κ3) is 4.43. The number of ether oxygens (including phenoxy) is 1. The van der Waals surface area contributed by atoms with Crippen molar-refractivity contribution in [1.29, 1.82) is 0 Å². The zero-order valence-electron chi connectivity index (χ0n) is 14.5. The topological polar surface area (TPSA) is 91.3 Å². The summed E-state index contributed by atoms with van der Waals surface area (Å²) in [5, 5.41) is 2.31. The van der Waals surface area contributed by atoms with Gasteiger partial charge in [0.25, 0.3) is 0 Å². The van der Waals surface area contributed by atoms with Crippen molar-refractivity contribution < 1.29 is 19.1 Å². The smallest absolute Gasteiger partial charge is 0.331 e. The number of amides is 4. The molecule has 0 aromatic rings.